The van der Waals surface area contributed by atoms with Crippen LogP contribution in [0.15, 0.2) is 36.5 Å². The lowest BCUT2D eigenvalue weighted by molar-refractivity contribution is -0.117. The fourth-order valence-electron chi connectivity index (χ4n) is 4.36. The Morgan fingerprint density at radius 1 is 1.21 bits per heavy atom. The molecule has 0 saturated carbocycles. The molecule has 148 valence electrons. The van der Waals surface area contributed by atoms with Crippen molar-refractivity contribution < 1.29 is 14.3 Å². The van der Waals surface area contributed by atoms with Crippen LogP contribution in [0.25, 0.3) is 5.69 Å². The Hall–Kier alpha value is -2.67. The van der Waals surface area contributed by atoms with Gasteiger partial charge in [0.25, 0.3) is 0 Å². The van der Waals surface area contributed by atoms with Crippen LogP contribution in [-0.2, 0) is 9.53 Å². The van der Waals surface area contributed by atoms with Gasteiger partial charge in [-0.25, -0.2) is 9.48 Å². The van der Waals surface area contributed by atoms with Gasteiger partial charge in [0.1, 0.15) is 0 Å². The van der Waals surface area contributed by atoms with Crippen LogP contribution < -0.4 is 10.6 Å². The van der Waals surface area contributed by atoms with Crippen LogP contribution in [0, 0.1) is 5.92 Å². The molecular weight excluding hydrogens is 356 g/mol. The molecule has 3 heterocycles. The summed E-state index contributed by atoms with van der Waals surface area (Å²) in [6, 6.07) is 10.2. The third-order valence-electron chi connectivity index (χ3n) is 5.54. The van der Waals surface area contributed by atoms with Gasteiger partial charge in [-0.15, -0.1) is 0 Å². The molecule has 2 bridgehead atoms. The van der Waals surface area contributed by atoms with Crippen molar-refractivity contribution in [3.63, 3.8) is 0 Å². The molecule has 7 nitrogen and oxygen atoms in total. The Bertz CT molecular complexity index is 851. The Morgan fingerprint density at radius 3 is 2.71 bits per heavy atom. The first kappa shape index (κ1) is 18.7. The minimum Gasteiger partial charge on any atom is -0.461 e. The molecule has 2 aliphatic heterocycles. The number of aromatic nitrogens is 2. The van der Waals surface area contributed by atoms with Crippen LogP contribution in [-0.4, -0.2) is 40.3 Å². The fraction of sp³-hybridized carbons (Fsp3) is 0.476. The summed E-state index contributed by atoms with van der Waals surface area (Å²) in [7, 11) is 0. The summed E-state index contributed by atoms with van der Waals surface area (Å²) in [5, 5.41) is 10.9. The topological polar surface area (TPSA) is 85.2 Å². The molecule has 2 saturated heterocycles. The molecule has 2 fully saturated rings. The van der Waals surface area contributed by atoms with Gasteiger partial charge in [-0.05, 0) is 56.7 Å². The predicted molar refractivity (Wildman–Crippen MR) is 105 cm³/mol. The van der Waals surface area contributed by atoms with E-state index < -0.39 is 5.97 Å². The van der Waals surface area contributed by atoms with Crippen molar-refractivity contribution in [2.75, 3.05) is 11.9 Å². The van der Waals surface area contributed by atoms with Crippen LogP contribution >= 0.6 is 0 Å². The average Bonchev–Trinajstić information content (AvgIpc) is 3.29. The molecule has 2 aromatic rings. The number of benzene rings is 1. The average molecular weight is 382 g/mol. The van der Waals surface area contributed by atoms with Crippen molar-refractivity contribution in [3.05, 3.63) is 42.2 Å². The SMILES string of the molecule is CCOC(=O)c1ccn(-c2ccccc2NC(=O)CC2CC3CCC(C2)N3)n1. The number of para-hydroxylation sites is 2. The van der Waals surface area contributed by atoms with Crippen LogP contribution in [0.3, 0.4) is 0 Å². The first-order valence-corrected chi connectivity index (χ1v) is 10.0. The number of fused-ring (bicyclic) bond motifs is 2. The van der Waals surface area contributed by atoms with Crippen molar-refractivity contribution in [1.82, 2.24) is 15.1 Å². The van der Waals surface area contributed by atoms with Crippen LogP contribution in [0.1, 0.15) is 49.5 Å². The number of carbonyl (C=O) groups excluding carboxylic acids is 2. The minimum atomic E-state index is -0.455. The zero-order valence-electron chi connectivity index (χ0n) is 16.1. The van der Waals surface area contributed by atoms with Crippen molar-refractivity contribution >= 4 is 17.6 Å². The van der Waals surface area contributed by atoms with E-state index >= 15 is 0 Å². The maximum Gasteiger partial charge on any atom is 0.358 e. The van der Waals surface area contributed by atoms with Crippen LogP contribution in [0.5, 0.6) is 0 Å². The maximum atomic E-state index is 12.7. The standard InChI is InChI=1S/C21H26N4O3/c1-2-28-21(27)18-9-10-25(24-18)19-6-4-3-5-17(19)23-20(26)13-14-11-15-7-8-16(12-14)22-15/h3-6,9-10,14-16,22H,2,7-8,11-13H2,1H3,(H,23,26). The Morgan fingerprint density at radius 2 is 1.96 bits per heavy atom. The Balaban J connectivity index is 1.44. The third kappa shape index (κ3) is 4.09. The normalized spacial score (nSPS) is 23.4. The number of carbonyl (C=O) groups is 2. The van der Waals surface area contributed by atoms with E-state index in [9.17, 15) is 9.59 Å². The number of anilines is 1. The number of esters is 1. The highest BCUT2D eigenvalue weighted by Gasteiger charge is 2.34. The second-order valence-corrected chi connectivity index (χ2v) is 7.61. The summed E-state index contributed by atoms with van der Waals surface area (Å²) in [5.74, 6) is 0.00543. The molecule has 7 heteroatoms. The summed E-state index contributed by atoms with van der Waals surface area (Å²) in [5.41, 5.74) is 1.65. The molecule has 28 heavy (non-hydrogen) atoms. The second kappa shape index (κ2) is 8.14. The first-order valence-electron chi connectivity index (χ1n) is 10.0. The largest absolute Gasteiger partial charge is 0.461 e. The smallest absolute Gasteiger partial charge is 0.358 e. The van der Waals surface area contributed by atoms with E-state index in [-0.39, 0.29) is 11.6 Å². The van der Waals surface area contributed by atoms with E-state index in [1.807, 2.05) is 24.3 Å². The van der Waals surface area contributed by atoms with Crippen molar-refractivity contribution in [1.29, 1.82) is 0 Å². The van der Waals surface area contributed by atoms with E-state index in [2.05, 4.69) is 15.7 Å². The lowest BCUT2D eigenvalue weighted by Crippen LogP contribution is -2.39. The first-order chi connectivity index (χ1) is 13.6. The molecule has 2 aliphatic rings. The molecule has 1 amide bonds. The van der Waals surface area contributed by atoms with E-state index in [0.717, 1.165) is 18.5 Å². The fourth-order valence-corrected chi connectivity index (χ4v) is 4.36. The lowest BCUT2D eigenvalue weighted by atomic mass is 9.89. The minimum absolute atomic E-state index is 0.0246. The van der Waals surface area contributed by atoms with Gasteiger partial charge in [-0.1, -0.05) is 12.1 Å². The second-order valence-electron chi connectivity index (χ2n) is 7.61. The summed E-state index contributed by atoms with van der Waals surface area (Å²) >= 11 is 0. The van der Waals surface area contributed by atoms with Gasteiger partial charge in [-0.3, -0.25) is 4.79 Å². The van der Waals surface area contributed by atoms with Gasteiger partial charge in [0.15, 0.2) is 5.69 Å². The van der Waals surface area contributed by atoms with Gasteiger partial charge in [-0.2, -0.15) is 5.10 Å². The molecule has 2 atom stereocenters. The highest BCUT2D eigenvalue weighted by Crippen LogP contribution is 2.33. The molecular formula is C21H26N4O3. The van der Waals surface area contributed by atoms with Crippen molar-refractivity contribution in [2.45, 2.75) is 51.1 Å². The Kier molecular flexibility index (Phi) is 5.43. The summed E-state index contributed by atoms with van der Waals surface area (Å²) < 4.78 is 6.58. The molecule has 4 rings (SSSR count). The van der Waals surface area contributed by atoms with Gasteiger partial charge in [0, 0.05) is 24.7 Å². The van der Waals surface area contributed by atoms with Gasteiger partial charge in [0.2, 0.25) is 5.91 Å². The van der Waals surface area contributed by atoms with Gasteiger partial charge < -0.3 is 15.4 Å². The number of ether oxygens (including phenoxy) is 1. The maximum absolute atomic E-state index is 12.7. The van der Waals surface area contributed by atoms with Crippen molar-refractivity contribution in [3.8, 4) is 5.69 Å². The number of rotatable bonds is 6. The molecule has 0 radical (unpaired) electrons. The number of amides is 1. The highest BCUT2D eigenvalue weighted by molar-refractivity contribution is 5.93. The Labute approximate surface area is 164 Å². The van der Waals surface area contributed by atoms with Crippen molar-refractivity contribution in [2.24, 2.45) is 5.92 Å². The van der Waals surface area contributed by atoms with Gasteiger partial charge >= 0.3 is 5.97 Å². The molecule has 2 unspecified atom stereocenters. The number of nitrogens with one attached hydrogen (secondary N) is 2. The lowest BCUT2D eigenvalue weighted by Gasteiger charge is -2.28. The molecule has 1 aromatic heterocycles. The summed E-state index contributed by atoms with van der Waals surface area (Å²) in [6.07, 6.45) is 6.85. The molecule has 1 aromatic carbocycles. The summed E-state index contributed by atoms with van der Waals surface area (Å²) in [6.45, 7) is 2.06. The molecule has 0 aliphatic carbocycles. The van der Waals surface area contributed by atoms with Crippen LogP contribution in [0.4, 0.5) is 5.69 Å². The number of nitrogens with zero attached hydrogens (tertiary/aromatic N) is 2. The quantitative estimate of drug-likeness (QED) is 0.751. The molecule has 2 N–H and O–H groups in total. The number of hydrogen-bond acceptors (Lipinski definition) is 5. The number of hydrogen-bond donors (Lipinski definition) is 2. The van der Waals surface area contributed by atoms with E-state index in [0.29, 0.717) is 36.7 Å². The van der Waals surface area contributed by atoms with E-state index in [4.69, 9.17) is 4.74 Å². The molecule has 0 spiro atoms. The zero-order valence-corrected chi connectivity index (χ0v) is 16.1. The monoisotopic (exact) mass is 382 g/mol. The van der Waals surface area contributed by atoms with Gasteiger partial charge in [0.05, 0.1) is 18.0 Å². The third-order valence-corrected chi connectivity index (χ3v) is 5.54. The highest BCUT2D eigenvalue weighted by atomic mass is 16.5. The predicted octanol–water partition coefficient (Wildman–Crippen LogP) is 2.91. The van der Waals surface area contributed by atoms with Crippen LogP contribution in [0.2, 0.25) is 0 Å². The summed E-state index contributed by atoms with van der Waals surface area (Å²) in [4.78, 5) is 24.5. The number of piperidine rings is 1. The zero-order chi connectivity index (χ0) is 19.5. The van der Waals surface area contributed by atoms with E-state index in [1.165, 1.54) is 12.8 Å². The van der Waals surface area contributed by atoms with E-state index in [1.54, 1.807) is 23.9 Å².